The van der Waals surface area contributed by atoms with Gasteiger partial charge in [0.1, 0.15) is 4.90 Å². The van der Waals surface area contributed by atoms with Gasteiger partial charge in [0.2, 0.25) is 10.0 Å². The smallest absolute Gasteiger partial charge is 0.338 e. The van der Waals surface area contributed by atoms with E-state index in [4.69, 9.17) is 27.9 Å². The SMILES string of the molecule is CCN(CC)S(=O)(=O)c1cc(C(=O)OC(C)C(=O)Nc2ccc(Cl)cc2)ccc1Cl. The van der Waals surface area contributed by atoms with Gasteiger partial charge < -0.3 is 10.1 Å². The second-order valence-corrected chi connectivity index (χ2v) is 9.03. The maximum Gasteiger partial charge on any atom is 0.338 e. The molecular formula is C20H22Cl2N2O5S. The zero-order valence-corrected chi connectivity index (χ0v) is 19.0. The van der Waals surface area contributed by atoms with Crippen molar-refractivity contribution in [1.82, 2.24) is 4.31 Å². The Balaban J connectivity index is 2.16. The predicted octanol–water partition coefficient (Wildman–Crippen LogP) is 4.21. The second kappa shape index (κ2) is 10.3. The van der Waals surface area contributed by atoms with E-state index in [-0.39, 0.29) is 28.6 Å². The Labute approximate surface area is 186 Å². The summed E-state index contributed by atoms with van der Waals surface area (Å²) in [6, 6.07) is 10.3. The van der Waals surface area contributed by atoms with E-state index in [1.807, 2.05) is 0 Å². The van der Waals surface area contributed by atoms with E-state index >= 15 is 0 Å². The summed E-state index contributed by atoms with van der Waals surface area (Å²) < 4.78 is 31.9. The molecule has 0 spiro atoms. The molecule has 2 aromatic carbocycles. The third kappa shape index (κ3) is 5.72. The summed E-state index contributed by atoms with van der Waals surface area (Å²) in [6.45, 7) is 5.33. The van der Waals surface area contributed by atoms with E-state index in [1.165, 1.54) is 23.4 Å². The van der Waals surface area contributed by atoms with Gasteiger partial charge in [0, 0.05) is 23.8 Å². The van der Waals surface area contributed by atoms with E-state index in [0.29, 0.717) is 10.7 Å². The minimum absolute atomic E-state index is 0.00743. The largest absolute Gasteiger partial charge is 0.449 e. The maximum atomic E-state index is 12.8. The summed E-state index contributed by atoms with van der Waals surface area (Å²) >= 11 is 11.9. The van der Waals surface area contributed by atoms with Crippen LogP contribution in [0.1, 0.15) is 31.1 Å². The third-order valence-electron chi connectivity index (χ3n) is 4.25. The minimum Gasteiger partial charge on any atom is -0.449 e. The van der Waals surface area contributed by atoms with Crippen molar-refractivity contribution in [3.63, 3.8) is 0 Å². The standard InChI is InChI=1S/C20H22Cl2N2O5S/c1-4-24(5-2)30(27,28)18-12-14(6-11-17(18)22)20(26)29-13(3)19(25)23-16-9-7-15(21)8-10-16/h6-13H,4-5H2,1-3H3,(H,23,25). The van der Waals surface area contributed by atoms with Crippen LogP contribution in [0, 0.1) is 0 Å². The first kappa shape index (κ1) is 24.1. The lowest BCUT2D eigenvalue weighted by molar-refractivity contribution is -0.123. The molecule has 10 heteroatoms. The summed E-state index contributed by atoms with van der Waals surface area (Å²) in [7, 11) is -3.87. The molecular weight excluding hydrogens is 451 g/mol. The first-order valence-electron chi connectivity index (χ1n) is 9.17. The van der Waals surface area contributed by atoms with Gasteiger partial charge in [0.05, 0.1) is 10.6 Å². The van der Waals surface area contributed by atoms with E-state index in [0.717, 1.165) is 6.07 Å². The number of amides is 1. The van der Waals surface area contributed by atoms with Gasteiger partial charge in [-0.1, -0.05) is 37.0 Å². The van der Waals surface area contributed by atoms with E-state index in [1.54, 1.807) is 38.1 Å². The van der Waals surface area contributed by atoms with Crippen molar-refractivity contribution >= 4 is 50.8 Å². The van der Waals surface area contributed by atoms with Gasteiger partial charge in [0.15, 0.2) is 6.10 Å². The number of nitrogens with zero attached hydrogens (tertiary/aromatic N) is 1. The lowest BCUT2D eigenvalue weighted by atomic mass is 10.2. The van der Waals surface area contributed by atoms with Crippen LogP contribution in [-0.2, 0) is 19.6 Å². The highest BCUT2D eigenvalue weighted by atomic mass is 35.5. The van der Waals surface area contributed by atoms with Crippen LogP contribution in [0.4, 0.5) is 5.69 Å². The Morgan fingerprint density at radius 2 is 1.67 bits per heavy atom. The molecule has 0 bridgehead atoms. The number of carbonyl (C=O) groups is 2. The number of sulfonamides is 1. The summed E-state index contributed by atoms with van der Waals surface area (Å²) in [5, 5.41) is 3.11. The lowest BCUT2D eigenvalue weighted by Crippen LogP contribution is -2.31. The Hall–Kier alpha value is -2.13. The molecule has 162 valence electrons. The second-order valence-electron chi connectivity index (χ2n) is 6.28. The van der Waals surface area contributed by atoms with Gasteiger partial charge in [-0.15, -0.1) is 0 Å². The molecule has 2 rings (SSSR count). The maximum absolute atomic E-state index is 12.8. The normalized spacial score (nSPS) is 12.5. The van der Waals surface area contributed by atoms with Crippen LogP contribution in [0.5, 0.6) is 0 Å². The molecule has 0 aliphatic carbocycles. The molecule has 2 aromatic rings. The van der Waals surface area contributed by atoms with E-state index in [9.17, 15) is 18.0 Å². The molecule has 7 nitrogen and oxygen atoms in total. The van der Waals surface area contributed by atoms with Gasteiger partial charge in [0.25, 0.3) is 5.91 Å². The van der Waals surface area contributed by atoms with Crippen LogP contribution < -0.4 is 5.32 Å². The van der Waals surface area contributed by atoms with Crippen molar-refractivity contribution in [2.75, 3.05) is 18.4 Å². The monoisotopic (exact) mass is 472 g/mol. The summed E-state index contributed by atoms with van der Waals surface area (Å²) in [4.78, 5) is 24.6. The zero-order valence-electron chi connectivity index (χ0n) is 16.7. The van der Waals surface area contributed by atoms with Crippen LogP contribution in [0.2, 0.25) is 10.0 Å². The first-order chi connectivity index (χ1) is 14.1. The number of ether oxygens (including phenoxy) is 1. The van der Waals surface area contributed by atoms with Gasteiger partial charge in [-0.05, 0) is 49.4 Å². The number of nitrogens with one attached hydrogen (secondary N) is 1. The molecule has 0 saturated heterocycles. The fourth-order valence-corrected chi connectivity index (χ4v) is 4.67. The molecule has 0 heterocycles. The van der Waals surface area contributed by atoms with Crippen LogP contribution >= 0.6 is 23.2 Å². The molecule has 0 saturated carbocycles. The minimum atomic E-state index is -3.87. The zero-order chi connectivity index (χ0) is 22.5. The number of benzene rings is 2. The van der Waals surface area contributed by atoms with Gasteiger partial charge in [-0.2, -0.15) is 4.31 Å². The highest BCUT2D eigenvalue weighted by molar-refractivity contribution is 7.89. The highest BCUT2D eigenvalue weighted by Crippen LogP contribution is 2.26. The molecule has 1 unspecified atom stereocenters. The van der Waals surface area contributed by atoms with Crippen molar-refractivity contribution < 1.29 is 22.7 Å². The van der Waals surface area contributed by atoms with Crippen molar-refractivity contribution in [3.8, 4) is 0 Å². The average Bonchev–Trinajstić information content (AvgIpc) is 2.70. The van der Waals surface area contributed by atoms with Crippen LogP contribution in [-0.4, -0.2) is 43.8 Å². The number of anilines is 1. The number of hydrogen-bond acceptors (Lipinski definition) is 5. The van der Waals surface area contributed by atoms with Crippen LogP contribution in [0.25, 0.3) is 0 Å². The van der Waals surface area contributed by atoms with Crippen LogP contribution in [0.3, 0.4) is 0 Å². The summed E-state index contributed by atoms with van der Waals surface area (Å²) in [5.74, 6) is -1.39. The summed E-state index contributed by atoms with van der Waals surface area (Å²) in [5.41, 5.74) is 0.461. The quantitative estimate of drug-likeness (QED) is 0.580. The predicted molar refractivity (Wildman–Crippen MR) is 117 cm³/mol. The Morgan fingerprint density at radius 3 is 2.23 bits per heavy atom. The molecule has 30 heavy (non-hydrogen) atoms. The number of carbonyl (C=O) groups excluding carboxylic acids is 2. The Morgan fingerprint density at radius 1 is 1.07 bits per heavy atom. The van der Waals surface area contributed by atoms with Crippen LogP contribution in [0.15, 0.2) is 47.4 Å². The molecule has 1 atom stereocenters. The number of rotatable bonds is 8. The Bertz CT molecular complexity index is 1020. The van der Waals surface area contributed by atoms with Crippen molar-refractivity contribution in [2.24, 2.45) is 0 Å². The van der Waals surface area contributed by atoms with Gasteiger partial charge in [-0.3, -0.25) is 4.79 Å². The van der Waals surface area contributed by atoms with Crippen molar-refractivity contribution in [1.29, 1.82) is 0 Å². The molecule has 0 aliphatic rings. The van der Waals surface area contributed by atoms with E-state index in [2.05, 4.69) is 5.32 Å². The number of halogens is 2. The van der Waals surface area contributed by atoms with Gasteiger partial charge in [-0.25, -0.2) is 13.2 Å². The molecule has 1 amide bonds. The summed E-state index contributed by atoms with van der Waals surface area (Å²) in [6.07, 6.45) is -1.12. The fourth-order valence-electron chi connectivity index (χ4n) is 2.59. The topological polar surface area (TPSA) is 92.8 Å². The van der Waals surface area contributed by atoms with Crippen molar-refractivity contribution in [2.45, 2.75) is 31.8 Å². The molecule has 0 aromatic heterocycles. The molecule has 0 fully saturated rings. The van der Waals surface area contributed by atoms with E-state index < -0.39 is 28.0 Å². The Kier molecular flexibility index (Phi) is 8.25. The molecule has 0 radical (unpaired) electrons. The number of hydrogen-bond donors (Lipinski definition) is 1. The van der Waals surface area contributed by atoms with Gasteiger partial charge >= 0.3 is 5.97 Å². The fraction of sp³-hybridized carbons (Fsp3) is 0.300. The lowest BCUT2D eigenvalue weighted by Gasteiger charge is -2.20. The first-order valence-corrected chi connectivity index (χ1v) is 11.4. The average molecular weight is 473 g/mol. The highest BCUT2D eigenvalue weighted by Gasteiger charge is 2.27. The number of esters is 1. The molecule has 1 N–H and O–H groups in total. The third-order valence-corrected chi connectivity index (χ3v) is 7.04. The molecule has 0 aliphatic heterocycles. The van der Waals surface area contributed by atoms with Crippen molar-refractivity contribution in [3.05, 3.63) is 58.1 Å².